The SMILES string of the molecule is NCCNCCN1CCN(CCN)CC1.[HH].[HH]. The Kier molecular flexibility index (Phi) is 6.87. The number of hydrogen-bond donors (Lipinski definition) is 3. The molecule has 5 N–H and O–H groups in total. The highest BCUT2D eigenvalue weighted by atomic mass is 15.3. The molecule has 0 spiro atoms. The molecule has 1 aliphatic rings. The topological polar surface area (TPSA) is 70.5 Å². The fraction of sp³-hybridized carbons (Fsp3) is 1.00. The summed E-state index contributed by atoms with van der Waals surface area (Å²) in [5, 5.41) is 3.32. The molecule has 0 aliphatic carbocycles. The van der Waals surface area contributed by atoms with Crippen molar-refractivity contribution in [2.24, 2.45) is 11.5 Å². The average molecular weight is 219 g/mol. The fourth-order valence-electron chi connectivity index (χ4n) is 1.88. The first kappa shape index (κ1) is 12.9. The molecule has 1 heterocycles. The predicted octanol–water partition coefficient (Wildman–Crippen LogP) is -1.40. The van der Waals surface area contributed by atoms with Crippen molar-refractivity contribution in [3.8, 4) is 0 Å². The Morgan fingerprint density at radius 2 is 1.47 bits per heavy atom. The van der Waals surface area contributed by atoms with E-state index in [0.29, 0.717) is 0 Å². The maximum Gasteiger partial charge on any atom is 0.0110 e. The quantitative estimate of drug-likeness (QED) is 0.460. The number of hydrogen-bond acceptors (Lipinski definition) is 5. The van der Waals surface area contributed by atoms with Gasteiger partial charge in [-0.2, -0.15) is 0 Å². The van der Waals surface area contributed by atoms with Gasteiger partial charge in [0.25, 0.3) is 0 Å². The van der Waals surface area contributed by atoms with Gasteiger partial charge in [0.05, 0.1) is 0 Å². The van der Waals surface area contributed by atoms with Gasteiger partial charge in [-0.25, -0.2) is 0 Å². The largest absolute Gasteiger partial charge is 0.329 e. The third-order valence-corrected chi connectivity index (χ3v) is 2.84. The van der Waals surface area contributed by atoms with Gasteiger partial charge in [-0.15, -0.1) is 0 Å². The Morgan fingerprint density at radius 1 is 0.867 bits per heavy atom. The molecule has 5 nitrogen and oxygen atoms in total. The summed E-state index contributed by atoms with van der Waals surface area (Å²) in [5.41, 5.74) is 10.9. The second-order valence-electron chi connectivity index (χ2n) is 4.01. The van der Waals surface area contributed by atoms with E-state index >= 15 is 0 Å². The zero-order valence-corrected chi connectivity index (χ0v) is 9.62. The van der Waals surface area contributed by atoms with Gasteiger partial charge in [0.1, 0.15) is 0 Å². The lowest BCUT2D eigenvalue weighted by molar-refractivity contribution is 0.136. The van der Waals surface area contributed by atoms with Crippen molar-refractivity contribution < 1.29 is 2.85 Å². The fourth-order valence-corrected chi connectivity index (χ4v) is 1.88. The molecule has 0 saturated carbocycles. The molecule has 94 valence electrons. The van der Waals surface area contributed by atoms with Gasteiger partial charge in [-0.3, -0.25) is 9.80 Å². The Morgan fingerprint density at radius 3 is 2.00 bits per heavy atom. The van der Waals surface area contributed by atoms with Crippen molar-refractivity contribution in [1.82, 2.24) is 15.1 Å². The van der Waals surface area contributed by atoms with Crippen LogP contribution in [0.1, 0.15) is 2.85 Å². The van der Waals surface area contributed by atoms with Gasteiger partial charge in [0, 0.05) is 68.3 Å². The van der Waals surface area contributed by atoms with E-state index in [1.807, 2.05) is 0 Å². The van der Waals surface area contributed by atoms with Crippen LogP contribution in [-0.2, 0) is 0 Å². The van der Waals surface area contributed by atoms with Gasteiger partial charge in [-0.05, 0) is 0 Å². The van der Waals surface area contributed by atoms with E-state index in [4.69, 9.17) is 11.5 Å². The summed E-state index contributed by atoms with van der Waals surface area (Å²) in [4.78, 5) is 4.93. The van der Waals surface area contributed by atoms with Gasteiger partial charge < -0.3 is 16.8 Å². The molecule has 0 amide bonds. The van der Waals surface area contributed by atoms with Crippen LogP contribution in [0.5, 0.6) is 0 Å². The Labute approximate surface area is 95.7 Å². The molecule has 1 saturated heterocycles. The molecule has 15 heavy (non-hydrogen) atoms. The van der Waals surface area contributed by atoms with Gasteiger partial charge in [-0.1, -0.05) is 0 Å². The second kappa shape index (κ2) is 8.01. The number of nitrogens with one attached hydrogen (secondary N) is 1. The minimum absolute atomic E-state index is 0. The van der Waals surface area contributed by atoms with E-state index in [-0.39, 0.29) is 2.85 Å². The van der Waals surface area contributed by atoms with Gasteiger partial charge >= 0.3 is 0 Å². The van der Waals surface area contributed by atoms with Crippen molar-refractivity contribution in [1.29, 1.82) is 0 Å². The smallest absolute Gasteiger partial charge is 0.0110 e. The Bertz CT molecular complexity index is 151. The summed E-state index contributed by atoms with van der Waals surface area (Å²) < 4.78 is 0. The Balaban J connectivity index is 0. The second-order valence-corrected chi connectivity index (χ2v) is 4.01. The summed E-state index contributed by atoms with van der Waals surface area (Å²) >= 11 is 0. The monoisotopic (exact) mass is 219 g/mol. The van der Waals surface area contributed by atoms with Crippen LogP contribution >= 0.6 is 0 Å². The Hall–Kier alpha value is -0.200. The molecule has 0 unspecified atom stereocenters. The van der Waals surface area contributed by atoms with E-state index in [1.165, 1.54) is 13.1 Å². The van der Waals surface area contributed by atoms with Crippen LogP contribution in [-0.4, -0.2) is 75.2 Å². The molecular formula is C10H29N5. The molecule has 0 aromatic carbocycles. The van der Waals surface area contributed by atoms with Crippen LogP contribution in [0, 0.1) is 0 Å². The average Bonchev–Trinajstić information content (AvgIpc) is 2.27. The van der Waals surface area contributed by atoms with Gasteiger partial charge in [0.2, 0.25) is 0 Å². The number of nitrogens with two attached hydrogens (primary N) is 2. The predicted molar refractivity (Wildman–Crippen MR) is 68.1 cm³/mol. The van der Waals surface area contributed by atoms with Crippen LogP contribution in [0.4, 0.5) is 0 Å². The first-order valence-corrected chi connectivity index (χ1v) is 5.92. The summed E-state index contributed by atoms with van der Waals surface area (Å²) in [6.07, 6.45) is 0. The molecule has 0 radical (unpaired) electrons. The number of nitrogens with zero attached hydrogens (tertiary/aromatic N) is 2. The number of piperazine rings is 1. The summed E-state index contributed by atoms with van der Waals surface area (Å²) in [5.74, 6) is 0. The normalized spacial score (nSPS) is 19.6. The minimum Gasteiger partial charge on any atom is -0.329 e. The number of rotatable bonds is 7. The molecule has 0 aromatic heterocycles. The highest BCUT2D eigenvalue weighted by molar-refractivity contribution is 4.72. The van der Waals surface area contributed by atoms with E-state index in [9.17, 15) is 0 Å². The van der Waals surface area contributed by atoms with Crippen molar-refractivity contribution >= 4 is 0 Å². The zero-order chi connectivity index (χ0) is 10.9. The van der Waals surface area contributed by atoms with Crippen molar-refractivity contribution in [2.45, 2.75) is 0 Å². The lowest BCUT2D eigenvalue weighted by Gasteiger charge is -2.34. The first-order chi connectivity index (χ1) is 7.36. The van der Waals surface area contributed by atoms with Crippen LogP contribution in [0.2, 0.25) is 0 Å². The van der Waals surface area contributed by atoms with Crippen molar-refractivity contribution in [3.05, 3.63) is 0 Å². The maximum absolute atomic E-state index is 5.53. The molecule has 1 rings (SSSR count). The van der Waals surface area contributed by atoms with Crippen molar-refractivity contribution in [2.75, 3.05) is 65.4 Å². The molecule has 1 aliphatic heterocycles. The molecule has 0 aromatic rings. The lowest BCUT2D eigenvalue weighted by atomic mass is 10.3. The van der Waals surface area contributed by atoms with Crippen LogP contribution in [0.15, 0.2) is 0 Å². The molecule has 0 atom stereocenters. The summed E-state index contributed by atoms with van der Waals surface area (Å²) in [6, 6.07) is 0. The molecule has 1 fully saturated rings. The summed E-state index contributed by atoms with van der Waals surface area (Å²) in [6.45, 7) is 10.3. The molecule has 0 bridgehead atoms. The van der Waals surface area contributed by atoms with Crippen LogP contribution < -0.4 is 16.8 Å². The maximum atomic E-state index is 5.53. The third-order valence-electron chi connectivity index (χ3n) is 2.84. The van der Waals surface area contributed by atoms with Crippen molar-refractivity contribution in [3.63, 3.8) is 0 Å². The van der Waals surface area contributed by atoms with Crippen LogP contribution in [0.25, 0.3) is 0 Å². The highest BCUT2D eigenvalue weighted by Crippen LogP contribution is 1.99. The molecular weight excluding hydrogens is 190 g/mol. The lowest BCUT2D eigenvalue weighted by Crippen LogP contribution is -2.49. The van der Waals surface area contributed by atoms with Crippen LogP contribution in [0.3, 0.4) is 0 Å². The van der Waals surface area contributed by atoms with E-state index in [0.717, 1.165) is 52.4 Å². The highest BCUT2D eigenvalue weighted by Gasteiger charge is 2.14. The third kappa shape index (κ3) is 5.44. The molecule has 5 heteroatoms. The van der Waals surface area contributed by atoms with E-state index in [2.05, 4.69) is 15.1 Å². The zero-order valence-electron chi connectivity index (χ0n) is 9.62. The van der Waals surface area contributed by atoms with Gasteiger partial charge in [0.15, 0.2) is 0 Å². The standard InChI is InChI=1S/C10H25N5.2H2/c11-1-3-13-4-6-15-9-7-14(5-2-12)8-10-15;;/h13H,1-12H2;2*1H. The minimum atomic E-state index is 0. The van der Waals surface area contributed by atoms with E-state index in [1.54, 1.807) is 0 Å². The van der Waals surface area contributed by atoms with E-state index < -0.39 is 0 Å². The first-order valence-electron chi connectivity index (χ1n) is 5.92. The summed E-state index contributed by atoms with van der Waals surface area (Å²) in [7, 11) is 0.